The minimum atomic E-state index is -1.18. The molecule has 1 aliphatic heterocycles. The van der Waals surface area contributed by atoms with Crippen molar-refractivity contribution in [3.63, 3.8) is 0 Å². The summed E-state index contributed by atoms with van der Waals surface area (Å²) in [5, 5.41) is 9.23. The molecule has 0 atom stereocenters. The van der Waals surface area contributed by atoms with Crippen molar-refractivity contribution in [1.29, 1.82) is 0 Å². The van der Waals surface area contributed by atoms with Crippen LogP contribution in [0.5, 0.6) is 0 Å². The van der Waals surface area contributed by atoms with E-state index in [0.29, 0.717) is 5.56 Å². The summed E-state index contributed by atoms with van der Waals surface area (Å²) in [7, 11) is 0. The Morgan fingerprint density at radius 2 is 1.79 bits per heavy atom. The molecule has 0 bridgehead atoms. The second-order valence-corrected chi connectivity index (χ2v) is 6.09. The SMILES string of the molecule is Cc1ccn(C2CCN(c3ccc(F)cc3)CC2)c(=O)c1C(=O)O. The summed E-state index contributed by atoms with van der Waals surface area (Å²) in [4.78, 5) is 25.9. The first-order chi connectivity index (χ1) is 11.5. The van der Waals surface area contributed by atoms with Crippen LogP contribution in [0.25, 0.3) is 0 Å². The van der Waals surface area contributed by atoms with E-state index in [9.17, 15) is 19.1 Å². The average Bonchev–Trinajstić information content (AvgIpc) is 2.56. The van der Waals surface area contributed by atoms with Crippen LogP contribution in [-0.4, -0.2) is 28.7 Å². The Hall–Kier alpha value is -2.63. The van der Waals surface area contributed by atoms with E-state index in [4.69, 9.17) is 0 Å². The maximum absolute atomic E-state index is 13.0. The van der Waals surface area contributed by atoms with Gasteiger partial charge < -0.3 is 14.6 Å². The fourth-order valence-electron chi connectivity index (χ4n) is 3.24. The third-order valence-electron chi connectivity index (χ3n) is 4.59. The summed E-state index contributed by atoms with van der Waals surface area (Å²) in [6, 6.07) is 8.02. The van der Waals surface area contributed by atoms with E-state index in [1.165, 1.54) is 12.1 Å². The van der Waals surface area contributed by atoms with Gasteiger partial charge in [0.05, 0.1) is 0 Å². The minimum absolute atomic E-state index is 0.0205. The lowest BCUT2D eigenvalue weighted by molar-refractivity contribution is 0.0693. The van der Waals surface area contributed by atoms with Gasteiger partial charge in [-0.2, -0.15) is 0 Å². The fraction of sp³-hybridized carbons (Fsp3) is 0.333. The molecule has 5 nitrogen and oxygen atoms in total. The summed E-state index contributed by atoms with van der Waals surface area (Å²) < 4.78 is 14.6. The molecule has 1 fully saturated rings. The van der Waals surface area contributed by atoms with E-state index in [2.05, 4.69) is 4.90 Å². The van der Waals surface area contributed by atoms with E-state index in [-0.39, 0.29) is 17.4 Å². The average molecular weight is 330 g/mol. The Labute approximate surface area is 139 Å². The number of benzene rings is 1. The Morgan fingerprint density at radius 1 is 1.17 bits per heavy atom. The summed E-state index contributed by atoms with van der Waals surface area (Å²) in [6.07, 6.45) is 3.15. The molecule has 0 amide bonds. The Bertz CT molecular complexity index is 806. The van der Waals surface area contributed by atoms with Crippen molar-refractivity contribution in [1.82, 2.24) is 4.57 Å². The van der Waals surface area contributed by atoms with E-state index in [1.54, 1.807) is 35.9 Å². The van der Waals surface area contributed by atoms with Gasteiger partial charge >= 0.3 is 5.97 Å². The molecule has 1 aromatic heterocycles. The first-order valence-corrected chi connectivity index (χ1v) is 7.93. The number of pyridine rings is 1. The molecular weight excluding hydrogens is 311 g/mol. The molecule has 0 saturated carbocycles. The third-order valence-corrected chi connectivity index (χ3v) is 4.59. The number of carboxylic acid groups (broad SMARTS) is 1. The number of halogens is 1. The molecule has 0 aliphatic carbocycles. The molecule has 2 heterocycles. The van der Waals surface area contributed by atoms with Gasteiger partial charge in [0.1, 0.15) is 11.4 Å². The van der Waals surface area contributed by atoms with Crippen molar-refractivity contribution in [3.05, 3.63) is 63.8 Å². The number of hydrogen-bond acceptors (Lipinski definition) is 3. The lowest BCUT2D eigenvalue weighted by Gasteiger charge is -2.34. The van der Waals surface area contributed by atoms with Crippen LogP contribution in [-0.2, 0) is 0 Å². The maximum atomic E-state index is 13.0. The molecule has 2 aromatic rings. The molecule has 0 unspecified atom stereocenters. The van der Waals surface area contributed by atoms with Crippen LogP contribution in [0, 0.1) is 12.7 Å². The molecule has 1 aromatic carbocycles. The summed E-state index contributed by atoms with van der Waals surface area (Å²) in [5.41, 5.74) is 0.839. The normalized spacial score (nSPS) is 15.5. The van der Waals surface area contributed by atoms with Crippen LogP contribution in [0.1, 0.15) is 34.8 Å². The molecule has 0 radical (unpaired) electrons. The van der Waals surface area contributed by atoms with Gasteiger partial charge in [0, 0.05) is 31.0 Å². The fourth-order valence-corrected chi connectivity index (χ4v) is 3.24. The number of carbonyl (C=O) groups is 1. The lowest BCUT2D eigenvalue weighted by Crippen LogP contribution is -2.38. The summed E-state index contributed by atoms with van der Waals surface area (Å²) in [5.74, 6) is -1.45. The zero-order chi connectivity index (χ0) is 17.3. The maximum Gasteiger partial charge on any atom is 0.341 e. The Balaban J connectivity index is 1.78. The van der Waals surface area contributed by atoms with E-state index in [0.717, 1.165) is 31.6 Å². The summed E-state index contributed by atoms with van der Waals surface area (Å²) >= 11 is 0. The number of aryl methyl sites for hydroxylation is 1. The zero-order valence-corrected chi connectivity index (χ0v) is 13.4. The quantitative estimate of drug-likeness (QED) is 0.940. The smallest absolute Gasteiger partial charge is 0.341 e. The van der Waals surface area contributed by atoms with Crippen molar-refractivity contribution in [2.45, 2.75) is 25.8 Å². The predicted octanol–water partition coefficient (Wildman–Crippen LogP) is 2.84. The number of aromatic carboxylic acids is 1. The molecule has 6 heteroatoms. The number of carboxylic acids is 1. The Morgan fingerprint density at radius 3 is 2.38 bits per heavy atom. The molecule has 3 rings (SSSR count). The van der Waals surface area contributed by atoms with Crippen LogP contribution in [0.3, 0.4) is 0 Å². The number of aromatic nitrogens is 1. The third kappa shape index (κ3) is 3.04. The van der Waals surface area contributed by atoms with E-state index < -0.39 is 11.5 Å². The standard InChI is InChI=1S/C18H19FN2O3/c1-12-6-11-21(17(22)16(12)18(23)24)15-7-9-20(10-8-15)14-4-2-13(19)3-5-14/h2-6,11,15H,7-10H2,1H3,(H,23,24). The van der Waals surface area contributed by atoms with Gasteiger partial charge in [0.15, 0.2) is 0 Å². The van der Waals surface area contributed by atoms with Gasteiger partial charge in [-0.1, -0.05) is 0 Å². The van der Waals surface area contributed by atoms with Gasteiger partial charge in [-0.05, 0) is 55.7 Å². The van der Waals surface area contributed by atoms with Gasteiger partial charge in [-0.25, -0.2) is 9.18 Å². The number of anilines is 1. The Kier molecular flexibility index (Phi) is 4.38. The van der Waals surface area contributed by atoms with Crippen LogP contribution >= 0.6 is 0 Å². The van der Waals surface area contributed by atoms with Crippen molar-refractivity contribution < 1.29 is 14.3 Å². The second kappa shape index (κ2) is 6.47. The largest absolute Gasteiger partial charge is 0.477 e. The minimum Gasteiger partial charge on any atom is -0.477 e. The molecule has 1 saturated heterocycles. The topological polar surface area (TPSA) is 62.5 Å². The van der Waals surface area contributed by atoms with Crippen molar-refractivity contribution in [2.24, 2.45) is 0 Å². The number of hydrogen-bond donors (Lipinski definition) is 1. The molecular formula is C18H19FN2O3. The van der Waals surface area contributed by atoms with E-state index >= 15 is 0 Å². The lowest BCUT2D eigenvalue weighted by atomic mass is 10.0. The number of nitrogens with zero attached hydrogens (tertiary/aromatic N) is 2. The van der Waals surface area contributed by atoms with Crippen LogP contribution in [0.15, 0.2) is 41.3 Å². The highest BCUT2D eigenvalue weighted by atomic mass is 19.1. The first-order valence-electron chi connectivity index (χ1n) is 7.93. The van der Waals surface area contributed by atoms with Crippen molar-refractivity contribution in [3.8, 4) is 0 Å². The summed E-state index contributed by atoms with van der Waals surface area (Å²) in [6.45, 7) is 3.10. The molecule has 126 valence electrons. The van der Waals surface area contributed by atoms with Crippen LogP contribution < -0.4 is 10.5 Å². The number of rotatable bonds is 3. The van der Waals surface area contributed by atoms with Gasteiger partial charge in [-0.3, -0.25) is 4.79 Å². The highest BCUT2D eigenvalue weighted by Crippen LogP contribution is 2.26. The predicted molar refractivity (Wildman–Crippen MR) is 89.3 cm³/mol. The van der Waals surface area contributed by atoms with Gasteiger partial charge in [-0.15, -0.1) is 0 Å². The highest BCUT2D eigenvalue weighted by Gasteiger charge is 2.24. The number of piperidine rings is 1. The molecule has 0 spiro atoms. The second-order valence-electron chi connectivity index (χ2n) is 6.09. The van der Waals surface area contributed by atoms with E-state index in [1.807, 2.05) is 0 Å². The highest BCUT2D eigenvalue weighted by molar-refractivity contribution is 5.88. The van der Waals surface area contributed by atoms with Gasteiger partial charge in [0.25, 0.3) is 5.56 Å². The molecule has 1 N–H and O–H groups in total. The van der Waals surface area contributed by atoms with Crippen molar-refractivity contribution in [2.75, 3.05) is 18.0 Å². The van der Waals surface area contributed by atoms with Crippen molar-refractivity contribution >= 4 is 11.7 Å². The monoisotopic (exact) mass is 330 g/mol. The van der Waals surface area contributed by atoms with Gasteiger partial charge in [0.2, 0.25) is 0 Å². The molecule has 24 heavy (non-hydrogen) atoms. The van der Waals surface area contributed by atoms with Crippen LogP contribution in [0.4, 0.5) is 10.1 Å². The molecule has 1 aliphatic rings. The first kappa shape index (κ1) is 16.2. The zero-order valence-electron chi connectivity index (χ0n) is 13.4. The van der Waals surface area contributed by atoms with Crippen LogP contribution in [0.2, 0.25) is 0 Å².